The van der Waals surface area contributed by atoms with Gasteiger partial charge in [-0.3, -0.25) is 4.79 Å². The van der Waals surface area contributed by atoms with Crippen molar-refractivity contribution in [2.45, 2.75) is 19.8 Å². The van der Waals surface area contributed by atoms with E-state index in [0.717, 1.165) is 8.45 Å². The molecule has 1 rings (SSSR count). The highest BCUT2D eigenvalue weighted by Gasteiger charge is 2.06. The molecule has 0 bridgehead atoms. The van der Waals surface area contributed by atoms with Crippen molar-refractivity contribution in [2.75, 3.05) is 0 Å². The van der Waals surface area contributed by atoms with Crippen LogP contribution in [-0.4, -0.2) is 5.78 Å². The van der Waals surface area contributed by atoms with E-state index in [4.69, 9.17) is 0 Å². The van der Waals surface area contributed by atoms with Crippen molar-refractivity contribution in [3.8, 4) is 11.8 Å². The molecular weight excluding hydrogens is 295 g/mol. The van der Waals surface area contributed by atoms with E-state index in [1.165, 1.54) is 0 Å². The van der Waals surface area contributed by atoms with E-state index >= 15 is 0 Å². The monoisotopic (exact) mass is 304 g/mol. The van der Waals surface area contributed by atoms with E-state index < -0.39 is 0 Å². The second-order valence-electron chi connectivity index (χ2n) is 2.49. The molecule has 0 unspecified atom stereocenters. The van der Waals surface area contributed by atoms with Crippen molar-refractivity contribution in [1.29, 1.82) is 0 Å². The number of carbonyl (C=O) groups excluding carboxylic acids is 1. The molecule has 0 atom stereocenters. The molecule has 0 aromatic carbocycles. The number of hydrogen-bond acceptors (Lipinski definition) is 2. The highest BCUT2D eigenvalue weighted by molar-refractivity contribution is 14.1. The molecule has 1 heterocycles. The van der Waals surface area contributed by atoms with Gasteiger partial charge in [0.15, 0.2) is 5.78 Å². The Morgan fingerprint density at radius 2 is 2.46 bits per heavy atom. The van der Waals surface area contributed by atoms with E-state index in [0.29, 0.717) is 12.8 Å². The van der Waals surface area contributed by atoms with Gasteiger partial charge in [0.1, 0.15) is 0 Å². The zero-order valence-electron chi connectivity index (χ0n) is 7.26. The van der Waals surface area contributed by atoms with Crippen LogP contribution in [0.1, 0.15) is 30.1 Å². The molecule has 0 fully saturated rings. The van der Waals surface area contributed by atoms with E-state index in [1.807, 2.05) is 11.4 Å². The number of hydrogen-bond donors (Lipinski definition) is 0. The Labute approximate surface area is 95.7 Å². The molecule has 0 aliphatic carbocycles. The van der Waals surface area contributed by atoms with Gasteiger partial charge in [-0.05, 0) is 35.6 Å². The summed E-state index contributed by atoms with van der Waals surface area (Å²) in [7, 11) is 0. The SMILES string of the molecule is CC#CCCC(=O)c1csc(I)c1. The first-order chi connectivity index (χ1) is 6.24. The van der Waals surface area contributed by atoms with Crippen molar-refractivity contribution in [1.82, 2.24) is 0 Å². The summed E-state index contributed by atoms with van der Waals surface area (Å²) < 4.78 is 1.16. The molecule has 3 heteroatoms. The number of ketones is 1. The molecule has 1 nitrogen and oxygen atoms in total. The van der Waals surface area contributed by atoms with Crippen molar-refractivity contribution in [3.05, 3.63) is 19.9 Å². The van der Waals surface area contributed by atoms with E-state index in [-0.39, 0.29) is 5.78 Å². The van der Waals surface area contributed by atoms with Crippen molar-refractivity contribution in [2.24, 2.45) is 0 Å². The third-order valence-corrected chi connectivity index (χ3v) is 3.33. The highest BCUT2D eigenvalue weighted by Crippen LogP contribution is 2.18. The molecule has 0 radical (unpaired) electrons. The summed E-state index contributed by atoms with van der Waals surface area (Å²) in [6, 6.07) is 1.92. The van der Waals surface area contributed by atoms with Crippen LogP contribution in [0.5, 0.6) is 0 Å². The van der Waals surface area contributed by atoms with Gasteiger partial charge in [0.2, 0.25) is 0 Å². The normalized spacial score (nSPS) is 9.08. The Kier molecular flexibility index (Phi) is 4.46. The van der Waals surface area contributed by atoms with Gasteiger partial charge < -0.3 is 0 Å². The Balaban J connectivity index is 2.52. The maximum atomic E-state index is 11.5. The molecule has 0 N–H and O–H groups in total. The number of carbonyl (C=O) groups is 1. The van der Waals surface area contributed by atoms with Gasteiger partial charge in [0.05, 0.1) is 2.88 Å². The van der Waals surface area contributed by atoms with Crippen LogP contribution in [0.25, 0.3) is 0 Å². The van der Waals surface area contributed by atoms with E-state index in [2.05, 4.69) is 34.4 Å². The minimum atomic E-state index is 0.196. The average molecular weight is 304 g/mol. The summed E-state index contributed by atoms with van der Waals surface area (Å²) in [5.74, 6) is 5.86. The molecule has 0 amide bonds. The molecule has 1 aromatic rings. The first-order valence-corrected chi connectivity index (χ1v) is 5.86. The van der Waals surface area contributed by atoms with Gasteiger partial charge in [-0.15, -0.1) is 23.2 Å². The van der Waals surface area contributed by atoms with Crippen LogP contribution in [0.3, 0.4) is 0 Å². The Morgan fingerprint density at radius 1 is 1.69 bits per heavy atom. The van der Waals surface area contributed by atoms with Crippen LogP contribution in [0, 0.1) is 14.7 Å². The maximum Gasteiger partial charge on any atom is 0.164 e. The Hall–Kier alpha value is -0.340. The fourth-order valence-electron chi connectivity index (χ4n) is 0.902. The molecule has 13 heavy (non-hydrogen) atoms. The molecule has 0 aliphatic heterocycles. The molecule has 0 spiro atoms. The van der Waals surface area contributed by atoms with Crippen LogP contribution in [0.2, 0.25) is 0 Å². The average Bonchev–Trinajstić information content (AvgIpc) is 2.52. The lowest BCUT2D eigenvalue weighted by Crippen LogP contribution is -1.95. The van der Waals surface area contributed by atoms with Gasteiger partial charge in [-0.2, -0.15) is 0 Å². The lowest BCUT2D eigenvalue weighted by molar-refractivity contribution is 0.0985. The van der Waals surface area contributed by atoms with Crippen molar-refractivity contribution in [3.63, 3.8) is 0 Å². The van der Waals surface area contributed by atoms with E-state index in [9.17, 15) is 4.79 Å². The molecular formula is C10H9IOS. The molecule has 68 valence electrons. The molecule has 0 aliphatic rings. The van der Waals surface area contributed by atoms with Gasteiger partial charge in [-0.25, -0.2) is 0 Å². The summed E-state index contributed by atoms with van der Waals surface area (Å²) in [6.07, 6.45) is 1.20. The number of thiophene rings is 1. The highest BCUT2D eigenvalue weighted by atomic mass is 127. The minimum absolute atomic E-state index is 0.196. The molecule has 1 aromatic heterocycles. The summed E-state index contributed by atoms with van der Waals surface area (Å²) in [4.78, 5) is 11.5. The Bertz CT molecular complexity index is 356. The summed E-state index contributed by atoms with van der Waals surface area (Å²) >= 11 is 3.82. The minimum Gasteiger partial charge on any atom is -0.294 e. The smallest absolute Gasteiger partial charge is 0.164 e. The van der Waals surface area contributed by atoms with Gasteiger partial charge >= 0.3 is 0 Å². The second-order valence-corrected chi connectivity index (χ2v) is 5.29. The maximum absolute atomic E-state index is 11.5. The van der Waals surface area contributed by atoms with E-state index in [1.54, 1.807) is 18.3 Å². The third kappa shape index (κ3) is 3.49. The Morgan fingerprint density at radius 3 is 3.00 bits per heavy atom. The third-order valence-electron chi connectivity index (χ3n) is 1.54. The fraction of sp³-hybridized carbons (Fsp3) is 0.300. The number of halogens is 1. The summed E-state index contributed by atoms with van der Waals surface area (Å²) in [5.41, 5.74) is 0.826. The summed E-state index contributed by atoms with van der Waals surface area (Å²) in [5, 5.41) is 1.91. The standard InChI is InChI=1S/C10H9IOS/c1-2-3-4-5-9(12)8-6-10(11)13-7-8/h6-7H,4-5H2,1H3. The molecule has 0 saturated heterocycles. The zero-order chi connectivity index (χ0) is 9.68. The largest absolute Gasteiger partial charge is 0.294 e. The first kappa shape index (κ1) is 10.7. The van der Waals surface area contributed by atoms with Gasteiger partial charge in [0, 0.05) is 23.8 Å². The second kappa shape index (κ2) is 5.40. The van der Waals surface area contributed by atoms with Crippen molar-refractivity contribution >= 4 is 39.7 Å². The zero-order valence-corrected chi connectivity index (χ0v) is 10.2. The van der Waals surface area contributed by atoms with Crippen LogP contribution in [0.4, 0.5) is 0 Å². The lowest BCUT2D eigenvalue weighted by Gasteiger charge is -1.91. The quantitative estimate of drug-likeness (QED) is 0.475. The van der Waals surface area contributed by atoms with Crippen molar-refractivity contribution < 1.29 is 4.79 Å². The van der Waals surface area contributed by atoms with Crippen LogP contribution in [-0.2, 0) is 0 Å². The van der Waals surface area contributed by atoms with Gasteiger partial charge in [0.25, 0.3) is 0 Å². The van der Waals surface area contributed by atoms with Crippen LogP contribution < -0.4 is 0 Å². The topological polar surface area (TPSA) is 17.1 Å². The predicted molar refractivity (Wildman–Crippen MR) is 64.1 cm³/mol. The number of Topliss-reactive ketones (excluding diaryl/α,β-unsaturated/α-hetero) is 1. The van der Waals surface area contributed by atoms with Crippen LogP contribution >= 0.6 is 33.9 Å². The fourth-order valence-corrected chi connectivity index (χ4v) is 2.25. The molecule has 0 saturated carbocycles. The predicted octanol–water partition coefficient (Wildman–Crippen LogP) is 3.34. The lowest BCUT2D eigenvalue weighted by atomic mass is 10.1. The number of rotatable bonds is 3. The van der Waals surface area contributed by atoms with Crippen LogP contribution in [0.15, 0.2) is 11.4 Å². The van der Waals surface area contributed by atoms with Gasteiger partial charge in [-0.1, -0.05) is 0 Å². The first-order valence-electron chi connectivity index (χ1n) is 3.91. The summed E-state index contributed by atoms with van der Waals surface area (Å²) in [6.45, 7) is 1.79.